The van der Waals surface area contributed by atoms with Gasteiger partial charge in [-0.25, -0.2) is 0 Å². The van der Waals surface area contributed by atoms with E-state index in [9.17, 15) is 0 Å². The van der Waals surface area contributed by atoms with Crippen LogP contribution in [-0.2, 0) is 6.42 Å². The third-order valence-electron chi connectivity index (χ3n) is 2.10. The molecule has 0 amide bonds. The van der Waals surface area contributed by atoms with Gasteiger partial charge in [0.15, 0.2) is 5.96 Å². The Morgan fingerprint density at radius 3 is 3.06 bits per heavy atom. The van der Waals surface area contributed by atoms with Gasteiger partial charge in [0.1, 0.15) is 0 Å². The molecule has 0 bridgehead atoms. The lowest BCUT2D eigenvalue weighted by Gasteiger charge is -2.08. The van der Waals surface area contributed by atoms with Gasteiger partial charge >= 0.3 is 0 Å². The summed E-state index contributed by atoms with van der Waals surface area (Å²) < 4.78 is 0. The number of nitrogens with zero attached hydrogens (tertiary/aromatic N) is 2. The lowest BCUT2D eigenvalue weighted by atomic mass is 10.2. The molecule has 17 heavy (non-hydrogen) atoms. The van der Waals surface area contributed by atoms with E-state index >= 15 is 0 Å². The highest BCUT2D eigenvalue weighted by Crippen LogP contribution is 1.96. The Bertz CT molecular complexity index is 378. The highest BCUT2D eigenvalue weighted by Gasteiger charge is 1.95. The highest BCUT2D eigenvalue weighted by atomic mass is 15.2. The van der Waals surface area contributed by atoms with Crippen molar-refractivity contribution in [2.24, 2.45) is 4.99 Å². The van der Waals surface area contributed by atoms with Gasteiger partial charge < -0.3 is 10.6 Å². The lowest BCUT2D eigenvalue weighted by molar-refractivity contribution is 0.854. The number of rotatable bonds is 5. The summed E-state index contributed by atoms with van der Waals surface area (Å²) in [5.41, 5.74) is 1.18. The maximum absolute atomic E-state index is 5.19. The molecule has 2 N–H and O–H groups in total. The minimum absolute atomic E-state index is 0.485. The van der Waals surface area contributed by atoms with Crippen LogP contribution in [0.25, 0.3) is 0 Å². The average Bonchev–Trinajstić information content (AvgIpc) is 2.37. The molecule has 1 aromatic rings. The van der Waals surface area contributed by atoms with Crippen LogP contribution in [-0.4, -0.2) is 30.6 Å². The maximum atomic E-state index is 5.19. The largest absolute Gasteiger partial charge is 0.357 e. The van der Waals surface area contributed by atoms with Crippen LogP contribution in [0.15, 0.2) is 29.5 Å². The molecule has 0 unspecified atom stereocenters. The van der Waals surface area contributed by atoms with E-state index in [4.69, 9.17) is 6.42 Å². The van der Waals surface area contributed by atoms with Gasteiger partial charge in [-0.05, 0) is 25.0 Å². The highest BCUT2D eigenvalue weighted by molar-refractivity contribution is 5.79. The van der Waals surface area contributed by atoms with Gasteiger partial charge in [-0.15, -0.1) is 6.42 Å². The minimum Gasteiger partial charge on any atom is -0.357 e. The Hall–Kier alpha value is -2.02. The first-order valence-electron chi connectivity index (χ1n) is 5.71. The molecule has 4 nitrogen and oxygen atoms in total. The van der Waals surface area contributed by atoms with Crippen LogP contribution < -0.4 is 10.6 Å². The standard InChI is InChI=1S/C13H18N4/c1-3-8-16-13(15-4-2)17-10-7-12-6-5-9-14-11-12/h1,5-6,9,11H,4,7-8,10H2,2H3,(H2,15,16,17). The van der Waals surface area contributed by atoms with Crippen molar-refractivity contribution in [3.63, 3.8) is 0 Å². The first kappa shape index (κ1) is 13.0. The fourth-order valence-corrected chi connectivity index (χ4v) is 1.32. The summed E-state index contributed by atoms with van der Waals surface area (Å²) in [7, 11) is 0. The van der Waals surface area contributed by atoms with Crippen molar-refractivity contribution < 1.29 is 0 Å². The number of terminal acetylenes is 1. The summed E-state index contributed by atoms with van der Waals surface area (Å²) in [5, 5.41) is 6.18. The zero-order chi connectivity index (χ0) is 12.3. The molecular weight excluding hydrogens is 212 g/mol. The molecule has 1 aromatic heterocycles. The summed E-state index contributed by atoms with van der Waals surface area (Å²) in [4.78, 5) is 8.48. The Balaban J connectivity index is 2.41. The molecule has 0 saturated heterocycles. The van der Waals surface area contributed by atoms with Crippen molar-refractivity contribution in [2.75, 3.05) is 19.6 Å². The number of guanidine groups is 1. The van der Waals surface area contributed by atoms with Crippen LogP contribution in [0.1, 0.15) is 12.5 Å². The van der Waals surface area contributed by atoms with E-state index in [1.807, 2.05) is 25.3 Å². The first-order valence-corrected chi connectivity index (χ1v) is 5.71. The summed E-state index contributed by atoms with van der Waals surface area (Å²) >= 11 is 0. The molecule has 0 saturated carbocycles. The zero-order valence-corrected chi connectivity index (χ0v) is 10.1. The van der Waals surface area contributed by atoms with Crippen molar-refractivity contribution in [1.29, 1.82) is 0 Å². The molecule has 0 aliphatic carbocycles. The molecule has 0 radical (unpaired) electrons. The van der Waals surface area contributed by atoms with E-state index in [-0.39, 0.29) is 0 Å². The molecule has 0 spiro atoms. The number of hydrogen-bond donors (Lipinski definition) is 2. The average molecular weight is 230 g/mol. The fraction of sp³-hybridized carbons (Fsp3) is 0.385. The third kappa shape index (κ3) is 5.57. The van der Waals surface area contributed by atoms with Crippen LogP contribution in [0.2, 0.25) is 0 Å². The van der Waals surface area contributed by atoms with Crippen molar-refractivity contribution in [3.05, 3.63) is 30.1 Å². The van der Waals surface area contributed by atoms with Gasteiger partial charge in [0.25, 0.3) is 0 Å². The van der Waals surface area contributed by atoms with Crippen molar-refractivity contribution in [3.8, 4) is 12.3 Å². The molecule has 0 aliphatic rings. The monoisotopic (exact) mass is 230 g/mol. The van der Waals surface area contributed by atoms with Crippen LogP contribution in [0.5, 0.6) is 0 Å². The summed E-state index contributed by atoms with van der Waals surface area (Å²) in [6.45, 7) is 4.04. The predicted octanol–water partition coefficient (Wildman–Crippen LogP) is 0.812. The number of pyridine rings is 1. The number of nitrogens with one attached hydrogen (secondary N) is 2. The van der Waals surface area contributed by atoms with Gasteiger partial charge in [0, 0.05) is 25.5 Å². The van der Waals surface area contributed by atoms with Crippen molar-refractivity contribution >= 4 is 5.96 Å². The number of hydrogen-bond acceptors (Lipinski definition) is 2. The van der Waals surface area contributed by atoms with Crippen LogP contribution in [0, 0.1) is 12.3 Å². The Labute approximate surface area is 103 Å². The molecule has 90 valence electrons. The van der Waals surface area contributed by atoms with E-state index in [0.29, 0.717) is 13.1 Å². The number of aromatic nitrogens is 1. The normalized spacial score (nSPS) is 10.7. The second-order valence-corrected chi connectivity index (χ2v) is 3.43. The van der Waals surface area contributed by atoms with Gasteiger partial charge in [0.05, 0.1) is 6.54 Å². The van der Waals surface area contributed by atoms with Gasteiger partial charge in [-0.2, -0.15) is 0 Å². The van der Waals surface area contributed by atoms with Gasteiger partial charge in [0.2, 0.25) is 0 Å². The smallest absolute Gasteiger partial charge is 0.192 e. The van der Waals surface area contributed by atoms with Crippen LogP contribution in [0.3, 0.4) is 0 Å². The fourth-order valence-electron chi connectivity index (χ4n) is 1.32. The maximum Gasteiger partial charge on any atom is 0.192 e. The quantitative estimate of drug-likeness (QED) is 0.447. The topological polar surface area (TPSA) is 49.3 Å². The minimum atomic E-state index is 0.485. The van der Waals surface area contributed by atoms with Crippen LogP contribution >= 0.6 is 0 Å². The molecule has 1 rings (SSSR count). The molecule has 1 heterocycles. The molecule has 4 heteroatoms. The second-order valence-electron chi connectivity index (χ2n) is 3.43. The van der Waals surface area contributed by atoms with E-state index < -0.39 is 0 Å². The Morgan fingerprint density at radius 1 is 1.53 bits per heavy atom. The first-order chi connectivity index (χ1) is 8.36. The van der Waals surface area contributed by atoms with Gasteiger partial charge in [-0.3, -0.25) is 9.98 Å². The number of aliphatic imine (C=N–C) groups is 1. The third-order valence-corrected chi connectivity index (χ3v) is 2.10. The summed E-state index contributed by atoms with van der Waals surface area (Å²) in [5.74, 6) is 3.28. The van der Waals surface area contributed by atoms with E-state index in [1.165, 1.54) is 5.56 Å². The van der Waals surface area contributed by atoms with Crippen LogP contribution in [0.4, 0.5) is 0 Å². The SMILES string of the molecule is C#CCNC(=NCCc1cccnc1)NCC. The molecule has 0 atom stereocenters. The molecule has 0 aliphatic heterocycles. The predicted molar refractivity (Wildman–Crippen MR) is 70.8 cm³/mol. The second kappa shape index (κ2) is 8.17. The lowest BCUT2D eigenvalue weighted by Crippen LogP contribution is -2.37. The Morgan fingerprint density at radius 2 is 2.41 bits per heavy atom. The molecular formula is C13H18N4. The Kier molecular flexibility index (Phi) is 6.27. The summed E-state index contributed by atoms with van der Waals surface area (Å²) in [6.07, 6.45) is 9.69. The molecule has 0 aromatic carbocycles. The van der Waals surface area contributed by atoms with E-state index in [2.05, 4.69) is 26.5 Å². The zero-order valence-electron chi connectivity index (χ0n) is 10.1. The van der Waals surface area contributed by atoms with E-state index in [0.717, 1.165) is 18.9 Å². The van der Waals surface area contributed by atoms with Crippen molar-refractivity contribution in [2.45, 2.75) is 13.3 Å². The molecule has 0 fully saturated rings. The van der Waals surface area contributed by atoms with E-state index in [1.54, 1.807) is 6.20 Å². The van der Waals surface area contributed by atoms with Crippen molar-refractivity contribution in [1.82, 2.24) is 15.6 Å². The van der Waals surface area contributed by atoms with Gasteiger partial charge in [-0.1, -0.05) is 12.0 Å². The summed E-state index contributed by atoms with van der Waals surface area (Å²) in [6, 6.07) is 3.98.